The van der Waals surface area contributed by atoms with Crippen molar-refractivity contribution in [1.29, 1.82) is 0 Å². The zero-order valence-corrected chi connectivity index (χ0v) is 23.5. The maximum absolute atomic E-state index is 13.5. The van der Waals surface area contributed by atoms with Gasteiger partial charge in [-0.3, -0.25) is 13.9 Å². The fourth-order valence-corrected chi connectivity index (χ4v) is 5.28. The lowest BCUT2D eigenvalue weighted by Crippen LogP contribution is -2.49. The Morgan fingerprint density at radius 3 is 2.14 bits per heavy atom. The van der Waals surface area contributed by atoms with Crippen molar-refractivity contribution < 1.29 is 18.0 Å². The number of para-hydroxylation sites is 1. The summed E-state index contributed by atoms with van der Waals surface area (Å²) in [7, 11) is -3.54. The van der Waals surface area contributed by atoms with Crippen LogP contribution in [0.1, 0.15) is 45.6 Å². The molecule has 0 bridgehead atoms. The Morgan fingerprint density at radius 2 is 1.61 bits per heavy atom. The van der Waals surface area contributed by atoms with E-state index < -0.39 is 16.1 Å². The van der Waals surface area contributed by atoms with E-state index in [0.29, 0.717) is 34.3 Å². The van der Waals surface area contributed by atoms with Gasteiger partial charge in [0.15, 0.2) is 0 Å². The molecule has 0 fully saturated rings. The molecular formula is C26H35Cl2N3O4S. The van der Waals surface area contributed by atoms with E-state index in [0.717, 1.165) is 6.26 Å². The minimum Gasteiger partial charge on any atom is -0.354 e. The predicted molar refractivity (Wildman–Crippen MR) is 147 cm³/mol. The van der Waals surface area contributed by atoms with Crippen LogP contribution in [0.2, 0.25) is 10.0 Å². The summed E-state index contributed by atoms with van der Waals surface area (Å²) in [6.45, 7) is 6.52. The van der Waals surface area contributed by atoms with Crippen molar-refractivity contribution in [2.24, 2.45) is 5.92 Å². The number of carbonyl (C=O) groups excluding carboxylic acids is 2. The summed E-state index contributed by atoms with van der Waals surface area (Å²) < 4.78 is 26.0. The van der Waals surface area contributed by atoms with Gasteiger partial charge in [-0.1, -0.05) is 68.2 Å². The molecule has 0 saturated carbocycles. The van der Waals surface area contributed by atoms with Gasteiger partial charge in [-0.05, 0) is 43.0 Å². The van der Waals surface area contributed by atoms with Crippen molar-refractivity contribution in [2.75, 3.05) is 23.7 Å². The van der Waals surface area contributed by atoms with Crippen LogP contribution in [0.15, 0.2) is 48.5 Å². The molecule has 0 aliphatic rings. The monoisotopic (exact) mass is 555 g/mol. The van der Waals surface area contributed by atoms with Crippen molar-refractivity contribution in [3.8, 4) is 0 Å². The summed E-state index contributed by atoms with van der Waals surface area (Å²) in [6, 6.07) is 13.1. The molecular weight excluding hydrogens is 521 g/mol. The lowest BCUT2D eigenvalue weighted by molar-refractivity contribution is -0.141. The van der Waals surface area contributed by atoms with E-state index in [-0.39, 0.29) is 43.7 Å². The van der Waals surface area contributed by atoms with Crippen molar-refractivity contribution >= 4 is 50.7 Å². The second-order valence-electron chi connectivity index (χ2n) is 9.06. The normalized spacial score (nSPS) is 12.3. The summed E-state index contributed by atoms with van der Waals surface area (Å²) in [5, 5.41) is 3.73. The fourth-order valence-electron chi connectivity index (χ4n) is 3.79. The molecule has 7 nitrogen and oxygen atoms in total. The highest BCUT2D eigenvalue weighted by Crippen LogP contribution is 2.27. The van der Waals surface area contributed by atoms with Gasteiger partial charge in [0.1, 0.15) is 6.04 Å². The number of benzene rings is 2. The quantitative estimate of drug-likeness (QED) is 0.371. The minimum absolute atomic E-state index is 0.0505. The Hall–Kier alpha value is -2.29. The summed E-state index contributed by atoms with van der Waals surface area (Å²) in [5.74, 6) is -0.266. The molecule has 2 aromatic carbocycles. The second-order valence-corrected chi connectivity index (χ2v) is 11.8. The molecule has 0 aliphatic carbocycles. The van der Waals surface area contributed by atoms with Crippen molar-refractivity contribution in [2.45, 2.75) is 52.6 Å². The highest BCUT2D eigenvalue weighted by Gasteiger charge is 2.30. The molecule has 0 spiro atoms. The van der Waals surface area contributed by atoms with E-state index in [2.05, 4.69) is 5.32 Å². The topological polar surface area (TPSA) is 86.8 Å². The number of rotatable bonds is 13. The highest BCUT2D eigenvalue weighted by molar-refractivity contribution is 7.92. The number of nitrogens with zero attached hydrogens (tertiary/aromatic N) is 2. The lowest BCUT2D eigenvalue weighted by Gasteiger charge is -2.32. The zero-order chi connectivity index (χ0) is 26.9. The molecule has 10 heteroatoms. The number of halogens is 2. The van der Waals surface area contributed by atoms with Crippen LogP contribution < -0.4 is 9.62 Å². The number of carbonyl (C=O) groups is 2. The van der Waals surface area contributed by atoms with E-state index in [1.165, 1.54) is 9.21 Å². The number of nitrogens with one attached hydrogen (secondary N) is 1. The molecule has 0 saturated heterocycles. The summed E-state index contributed by atoms with van der Waals surface area (Å²) in [5.41, 5.74) is 1.10. The third-order valence-corrected chi connectivity index (χ3v) is 7.56. The Labute approximate surface area is 224 Å². The smallest absolute Gasteiger partial charge is 0.242 e. The SMILES string of the molecule is CCC(C(=O)NCC(C)C)N(Cc1c(Cl)cccc1Cl)C(=O)CCCN(c1ccccc1)S(C)(=O)=O. The number of anilines is 1. The summed E-state index contributed by atoms with van der Waals surface area (Å²) in [6.07, 6.45) is 1.86. The number of amides is 2. The van der Waals surface area contributed by atoms with Crippen molar-refractivity contribution in [1.82, 2.24) is 10.2 Å². The second kappa shape index (κ2) is 13.9. The van der Waals surface area contributed by atoms with Crippen LogP contribution in [0.4, 0.5) is 5.69 Å². The summed E-state index contributed by atoms with van der Waals surface area (Å²) in [4.78, 5) is 28.0. The third kappa shape index (κ3) is 8.68. The van der Waals surface area contributed by atoms with Crippen LogP contribution in [-0.4, -0.2) is 50.5 Å². The first-order chi connectivity index (χ1) is 17.0. The molecule has 2 amide bonds. The van der Waals surface area contributed by atoms with Gasteiger partial charge in [0.25, 0.3) is 0 Å². The van der Waals surface area contributed by atoms with Gasteiger partial charge < -0.3 is 10.2 Å². The number of hydrogen-bond acceptors (Lipinski definition) is 4. The third-order valence-electron chi connectivity index (χ3n) is 5.66. The molecule has 0 aromatic heterocycles. The Kier molecular flexibility index (Phi) is 11.5. The average molecular weight is 557 g/mol. The molecule has 1 atom stereocenters. The van der Waals surface area contributed by atoms with Crippen LogP contribution in [0.5, 0.6) is 0 Å². The lowest BCUT2D eigenvalue weighted by atomic mass is 10.1. The van der Waals surface area contributed by atoms with Crippen LogP contribution >= 0.6 is 23.2 Å². The number of sulfonamides is 1. The highest BCUT2D eigenvalue weighted by atomic mass is 35.5. The first-order valence-corrected chi connectivity index (χ1v) is 14.6. The molecule has 1 unspecified atom stereocenters. The number of hydrogen-bond donors (Lipinski definition) is 1. The van der Waals surface area contributed by atoms with Crippen molar-refractivity contribution in [3.05, 3.63) is 64.1 Å². The van der Waals surface area contributed by atoms with E-state index >= 15 is 0 Å². The molecule has 198 valence electrons. The predicted octanol–water partition coefficient (Wildman–Crippen LogP) is 5.12. The van der Waals surface area contributed by atoms with Gasteiger partial charge in [-0.15, -0.1) is 0 Å². The van der Waals surface area contributed by atoms with Gasteiger partial charge >= 0.3 is 0 Å². The fraction of sp³-hybridized carbons (Fsp3) is 0.462. The first-order valence-electron chi connectivity index (χ1n) is 12.0. The molecule has 2 aromatic rings. The van der Waals surface area contributed by atoms with Gasteiger partial charge in [-0.25, -0.2) is 8.42 Å². The first kappa shape index (κ1) is 29.9. The van der Waals surface area contributed by atoms with E-state index in [1.807, 2.05) is 20.8 Å². The average Bonchev–Trinajstić information content (AvgIpc) is 2.81. The van der Waals surface area contributed by atoms with E-state index in [9.17, 15) is 18.0 Å². The molecule has 1 N–H and O–H groups in total. The Balaban J connectivity index is 2.25. The molecule has 2 rings (SSSR count). The molecule has 0 heterocycles. The van der Waals surface area contributed by atoms with Gasteiger partial charge in [0.2, 0.25) is 21.8 Å². The van der Waals surface area contributed by atoms with Gasteiger partial charge in [0.05, 0.1) is 11.9 Å². The largest absolute Gasteiger partial charge is 0.354 e. The van der Waals surface area contributed by atoms with Crippen LogP contribution in [0.25, 0.3) is 0 Å². The van der Waals surface area contributed by atoms with Crippen LogP contribution in [0.3, 0.4) is 0 Å². The summed E-state index contributed by atoms with van der Waals surface area (Å²) >= 11 is 12.8. The van der Waals surface area contributed by atoms with Crippen LogP contribution in [-0.2, 0) is 26.2 Å². The molecule has 36 heavy (non-hydrogen) atoms. The van der Waals surface area contributed by atoms with E-state index in [4.69, 9.17) is 23.2 Å². The maximum atomic E-state index is 13.5. The standard InChI is InChI=1S/C26H35Cl2N3O4S/c1-5-24(26(33)29-17-19(2)3)30(18-21-22(27)13-9-14-23(21)28)25(32)15-10-16-31(36(4,34)35)20-11-7-6-8-12-20/h6-9,11-14,19,24H,5,10,15-18H2,1-4H3,(H,29,33). The Bertz CT molecular complexity index is 1110. The van der Waals surface area contributed by atoms with E-state index in [1.54, 1.807) is 48.5 Å². The molecule has 0 radical (unpaired) electrons. The van der Waals surface area contributed by atoms with Crippen LogP contribution in [0, 0.1) is 5.92 Å². The minimum atomic E-state index is -3.54. The maximum Gasteiger partial charge on any atom is 0.242 e. The Morgan fingerprint density at radius 1 is 1.00 bits per heavy atom. The molecule has 0 aliphatic heterocycles. The van der Waals surface area contributed by atoms with Crippen molar-refractivity contribution in [3.63, 3.8) is 0 Å². The van der Waals surface area contributed by atoms with Gasteiger partial charge in [0, 0.05) is 41.7 Å². The zero-order valence-electron chi connectivity index (χ0n) is 21.2. The van der Waals surface area contributed by atoms with Gasteiger partial charge in [-0.2, -0.15) is 0 Å².